The summed E-state index contributed by atoms with van der Waals surface area (Å²) in [6.45, 7) is 6.27. The Balaban J connectivity index is 2.82. The van der Waals surface area contributed by atoms with Crippen LogP contribution in [0.3, 0.4) is 0 Å². The number of rotatable bonds is 11. The average molecular weight is 386 g/mol. The van der Waals surface area contributed by atoms with E-state index in [9.17, 15) is 19.5 Å². The van der Waals surface area contributed by atoms with Gasteiger partial charge in [0.15, 0.2) is 0 Å². The summed E-state index contributed by atoms with van der Waals surface area (Å²) in [4.78, 5) is 38.9. The summed E-state index contributed by atoms with van der Waals surface area (Å²) in [5.41, 5.74) is 1.58. The second-order valence-electron chi connectivity index (χ2n) is 7.67. The highest BCUT2D eigenvalue weighted by Gasteiger charge is 2.36. The first-order valence-corrected chi connectivity index (χ1v) is 10.00. The molecule has 3 atom stereocenters. The van der Waals surface area contributed by atoms with Gasteiger partial charge in [-0.3, -0.25) is 19.6 Å². The summed E-state index contributed by atoms with van der Waals surface area (Å²) in [5.74, 6) is -1.86. The summed E-state index contributed by atoms with van der Waals surface area (Å²) in [6.07, 6.45) is 4.74. The standard InChI is InChI=1S/C19H35N3O5/c1-4-5-6-8-14(11-16(24)21-27)18(25)20-17(13(2)3)19(26)22-10-7-9-15(22)12-23/h13-15,17,23,27H,4-12H2,1-3H3,(H,20,25)(H,21,24)/t14-,15-,17-/m0/s1. The normalized spacial score (nSPS) is 19.0. The van der Waals surface area contributed by atoms with Gasteiger partial charge in [0.05, 0.1) is 12.6 Å². The van der Waals surface area contributed by atoms with Crippen molar-refractivity contribution in [2.75, 3.05) is 13.2 Å². The third-order valence-corrected chi connectivity index (χ3v) is 5.18. The largest absolute Gasteiger partial charge is 0.394 e. The molecule has 0 radical (unpaired) electrons. The van der Waals surface area contributed by atoms with Gasteiger partial charge in [0.25, 0.3) is 0 Å². The van der Waals surface area contributed by atoms with Gasteiger partial charge in [-0.2, -0.15) is 0 Å². The molecule has 1 fully saturated rings. The molecular formula is C19H35N3O5. The van der Waals surface area contributed by atoms with Crippen LogP contribution in [-0.2, 0) is 14.4 Å². The average Bonchev–Trinajstić information content (AvgIpc) is 3.13. The van der Waals surface area contributed by atoms with Crippen molar-refractivity contribution < 1.29 is 24.7 Å². The van der Waals surface area contributed by atoms with Crippen LogP contribution in [0.25, 0.3) is 0 Å². The molecule has 156 valence electrons. The Bertz CT molecular complexity index is 498. The fraction of sp³-hybridized carbons (Fsp3) is 0.842. The Labute approximate surface area is 161 Å². The zero-order valence-corrected chi connectivity index (χ0v) is 16.7. The first-order valence-electron chi connectivity index (χ1n) is 10.00. The Morgan fingerprint density at radius 2 is 1.93 bits per heavy atom. The van der Waals surface area contributed by atoms with Gasteiger partial charge in [0.1, 0.15) is 6.04 Å². The zero-order valence-electron chi connectivity index (χ0n) is 16.7. The smallest absolute Gasteiger partial charge is 0.245 e. The highest BCUT2D eigenvalue weighted by atomic mass is 16.5. The minimum Gasteiger partial charge on any atom is -0.394 e. The van der Waals surface area contributed by atoms with Crippen LogP contribution in [0.1, 0.15) is 65.7 Å². The SMILES string of the molecule is CCCCC[C@@H](CC(=O)NO)C(=O)N[C@H](C(=O)N1CCC[C@H]1CO)C(C)C. The number of nitrogens with one attached hydrogen (secondary N) is 2. The number of likely N-dealkylation sites (tertiary alicyclic amines) is 1. The Kier molecular flexibility index (Phi) is 10.3. The van der Waals surface area contributed by atoms with Crippen LogP contribution in [0.2, 0.25) is 0 Å². The maximum absolute atomic E-state index is 12.9. The topological polar surface area (TPSA) is 119 Å². The van der Waals surface area contributed by atoms with Crippen molar-refractivity contribution in [3.63, 3.8) is 0 Å². The van der Waals surface area contributed by atoms with E-state index in [0.717, 1.165) is 32.1 Å². The number of aliphatic hydroxyl groups excluding tert-OH is 1. The quantitative estimate of drug-likeness (QED) is 0.242. The van der Waals surface area contributed by atoms with E-state index in [4.69, 9.17) is 5.21 Å². The van der Waals surface area contributed by atoms with Crippen molar-refractivity contribution in [3.8, 4) is 0 Å². The third-order valence-electron chi connectivity index (χ3n) is 5.18. The number of hydroxylamine groups is 1. The Morgan fingerprint density at radius 1 is 1.22 bits per heavy atom. The summed E-state index contributed by atoms with van der Waals surface area (Å²) >= 11 is 0. The molecule has 8 heteroatoms. The molecule has 0 aromatic heterocycles. The maximum atomic E-state index is 12.9. The molecule has 0 aromatic carbocycles. The Morgan fingerprint density at radius 3 is 2.48 bits per heavy atom. The molecule has 0 aliphatic carbocycles. The molecular weight excluding hydrogens is 350 g/mol. The number of hydrogen-bond acceptors (Lipinski definition) is 5. The second-order valence-corrected chi connectivity index (χ2v) is 7.67. The lowest BCUT2D eigenvalue weighted by atomic mass is 9.94. The van der Waals surface area contributed by atoms with Crippen LogP contribution >= 0.6 is 0 Å². The molecule has 1 heterocycles. The molecule has 3 amide bonds. The van der Waals surface area contributed by atoms with E-state index in [2.05, 4.69) is 12.2 Å². The first kappa shape index (κ1) is 23.4. The number of amides is 3. The predicted octanol–water partition coefficient (Wildman–Crippen LogP) is 1.20. The van der Waals surface area contributed by atoms with Crippen molar-refractivity contribution in [2.45, 2.75) is 77.8 Å². The van der Waals surface area contributed by atoms with E-state index < -0.39 is 17.9 Å². The van der Waals surface area contributed by atoms with Crippen LogP contribution in [-0.4, -0.2) is 58.2 Å². The minimum atomic E-state index is -0.699. The highest BCUT2D eigenvalue weighted by Crippen LogP contribution is 2.21. The van der Waals surface area contributed by atoms with Crippen LogP contribution in [0.5, 0.6) is 0 Å². The van der Waals surface area contributed by atoms with E-state index in [1.54, 1.807) is 10.4 Å². The zero-order chi connectivity index (χ0) is 20.4. The molecule has 1 aliphatic heterocycles. The van der Waals surface area contributed by atoms with Gasteiger partial charge >= 0.3 is 0 Å². The van der Waals surface area contributed by atoms with Gasteiger partial charge in [-0.25, -0.2) is 5.48 Å². The predicted molar refractivity (Wildman–Crippen MR) is 101 cm³/mol. The molecule has 1 aliphatic rings. The molecule has 0 bridgehead atoms. The number of unbranched alkanes of at least 4 members (excludes halogenated alkanes) is 2. The van der Waals surface area contributed by atoms with Gasteiger partial charge in [0.2, 0.25) is 17.7 Å². The van der Waals surface area contributed by atoms with Gasteiger partial charge in [-0.05, 0) is 25.2 Å². The van der Waals surface area contributed by atoms with Crippen molar-refractivity contribution >= 4 is 17.7 Å². The van der Waals surface area contributed by atoms with Crippen LogP contribution in [0.4, 0.5) is 0 Å². The number of carbonyl (C=O) groups is 3. The molecule has 0 spiro atoms. The summed E-state index contributed by atoms with van der Waals surface area (Å²) < 4.78 is 0. The third kappa shape index (κ3) is 7.10. The van der Waals surface area contributed by atoms with Crippen molar-refractivity contribution in [3.05, 3.63) is 0 Å². The van der Waals surface area contributed by atoms with Gasteiger partial charge in [0, 0.05) is 18.9 Å². The van der Waals surface area contributed by atoms with Crippen LogP contribution in [0, 0.1) is 11.8 Å². The molecule has 4 N–H and O–H groups in total. The lowest BCUT2D eigenvalue weighted by Crippen LogP contribution is -2.54. The summed E-state index contributed by atoms with van der Waals surface area (Å²) in [5, 5.41) is 21.1. The van der Waals surface area contributed by atoms with Crippen LogP contribution in [0.15, 0.2) is 0 Å². The van der Waals surface area contributed by atoms with E-state index >= 15 is 0 Å². The molecule has 1 rings (SSSR count). The van der Waals surface area contributed by atoms with Crippen molar-refractivity contribution in [2.24, 2.45) is 11.8 Å². The van der Waals surface area contributed by atoms with Crippen LogP contribution < -0.4 is 10.8 Å². The highest BCUT2D eigenvalue weighted by molar-refractivity contribution is 5.91. The number of carbonyl (C=O) groups excluding carboxylic acids is 3. The van der Waals surface area contributed by atoms with E-state index in [-0.39, 0.29) is 36.8 Å². The molecule has 0 unspecified atom stereocenters. The summed E-state index contributed by atoms with van der Waals surface area (Å²) in [7, 11) is 0. The van der Waals surface area contributed by atoms with Gasteiger partial charge < -0.3 is 15.3 Å². The van der Waals surface area contributed by atoms with Crippen molar-refractivity contribution in [1.29, 1.82) is 0 Å². The minimum absolute atomic E-state index is 0.0825. The van der Waals surface area contributed by atoms with E-state index in [0.29, 0.717) is 13.0 Å². The van der Waals surface area contributed by atoms with Gasteiger partial charge in [-0.15, -0.1) is 0 Å². The van der Waals surface area contributed by atoms with E-state index in [1.165, 1.54) is 0 Å². The number of hydrogen-bond donors (Lipinski definition) is 4. The lowest BCUT2D eigenvalue weighted by molar-refractivity contribution is -0.141. The lowest BCUT2D eigenvalue weighted by Gasteiger charge is -2.31. The Hall–Kier alpha value is -1.67. The number of nitrogens with zero attached hydrogens (tertiary/aromatic N) is 1. The maximum Gasteiger partial charge on any atom is 0.245 e. The monoisotopic (exact) mass is 385 g/mol. The molecule has 0 saturated carbocycles. The first-order chi connectivity index (χ1) is 12.8. The fourth-order valence-electron chi connectivity index (χ4n) is 3.51. The van der Waals surface area contributed by atoms with E-state index in [1.807, 2.05) is 13.8 Å². The second kappa shape index (κ2) is 11.9. The molecule has 1 saturated heterocycles. The van der Waals surface area contributed by atoms with Crippen molar-refractivity contribution in [1.82, 2.24) is 15.7 Å². The van der Waals surface area contributed by atoms with Gasteiger partial charge in [-0.1, -0.05) is 40.0 Å². The summed E-state index contributed by atoms with van der Waals surface area (Å²) in [6, 6.07) is -0.897. The number of aliphatic hydroxyl groups is 1. The molecule has 0 aromatic rings. The molecule has 27 heavy (non-hydrogen) atoms. The molecule has 8 nitrogen and oxygen atoms in total. The fourth-order valence-corrected chi connectivity index (χ4v) is 3.51.